The summed E-state index contributed by atoms with van der Waals surface area (Å²) < 4.78 is 1.55. The first-order valence-electron chi connectivity index (χ1n) is 6.40. The second-order valence-corrected chi connectivity index (χ2v) is 5.85. The summed E-state index contributed by atoms with van der Waals surface area (Å²) in [6, 6.07) is 0. The van der Waals surface area contributed by atoms with Gasteiger partial charge in [-0.15, -0.1) is 0 Å². The van der Waals surface area contributed by atoms with Crippen LogP contribution in [0.3, 0.4) is 0 Å². The molecule has 0 aliphatic carbocycles. The molecule has 0 aromatic rings. The summed E-state index contributed by atoms with van der Waals surface area (Å²) in [7, 11) is 0. The van der Waals surface area contributed by atoms with Crippen molar-refractivity contribution in [1.29, 1.82) is 0 Å². The van der Waals surface area contributed by atoms with E-state index in [4.69, 9.17) is 0 Å². The van der Waals surface area contributed by atoms with Gasteiger partial charge in [0.15, 0.2) is 0 Å². The van der Waals surface area contributed by atoms with Crippen molar-refractivity contribution in [3.63, 3.8) is 0 Å². The third-order valence-electron chi connectivity index (χ3n) is 3.07. The van der Waals surface area contributed by atoms with Crippen molar-refractivity contribution in [2.45, 2.75) is 51.9 Å². The molecule has 0 atom stereocenters. The van der Waals surface area contributed by atoms with Crippen molar-refractivity contribution in [2.75, 3.05) is 19.6 Å². The average Bonchev–Trinajstić information content (AvgIpc) is 2.26. The van der Waals surface area contributed by atoms with E-state index >= 15 is 0 Å². The molecule has 0 bridgehead atoms. The molecule has 88 valence electrons. The Morgan fingerprint density at radius 2 is 1.93 bits per heavy atom. The largest absolute Gasteiger partial charge is 0.299 e. The van der Waals surface area contributed by atoms with Gasteiger partial charge in [0.1, 0.15) is 0 Å². The number of nitrogens with zero attached hydrogens (tertiary/aromatic N) is 1. The van der Waals surface area contributed by atoms with E-state index in [1.54, 1.807) is 3.58 Å². The molecule has 15 heavy (non-hydrogen) atoms. The fourth-order valence-electron chi connectivity index (χ4n) is 2.01. The average molecular weight is 321 g/mol. The number of unbranched alkanes of at least 4 members (excludes halogenated alkanes) is 5. The van der Waals surface area contributed by atoms with E-state index in [0.717, 1.165) is 0 Å². The molecule has 1 aliphatic rings. The van der Waals surface area contributed by atoms with Gasteiger partial charge in [0, 0.05) is 13.1 Å². The molecular formula is C13H24IN. The normalized spacial score (nSPS) is 17.9. The van der Waals surface area contributed by atoms with Crippen molar-refractivity contribution >= 4 is 22.6 Å². The fourth-order valence-corrected chi connectivity index (χ4v) is 2.44. The van der Waals surface area contributed by atoms with E-state index in [9.17, 15) is 0 Å². The Morgan fingerprint density at radius 3 is 2.60 bits per heavy atom. The molecule has 1 nitrogen and oxygen atoms in total. The second-order valence-electron chi connectivity index (χ2n) is 4.47. The minimum absolute atomic E-state index is 1.19. The smallest absolute Gasteiger partial charge is 0.0173 e. The summed E-state index contributed by atoms with van der Waals surface area (Å²) >= 11 is 2.46. The van der Waals surface area contributed by atoms with Gasteiger partial charge in [-0.25, -0.2) is 0 Å². The van der Waals surface area contributed by atoms with Crippen LogP contribution in [0.1, 0.15) is 51.9 Å². The van der Waals surface area contributed by atoms with Crippen LogP contribution in [0.25, 0.3) is 0 Å². The summed E-state index contributed by atoms with van der Waals surface area (Å²) in [4.78, 5) is 2.59. The number of hydrogen-bond donors (Lipinski definition) is 0. The molecule has 0 spiro atoms. The van der Waals surface area contributed by atoms with Crippen LogP contribution >= 0.6 is 22.6 Å². The first-order chi connectivity index (χ1) is 7.33. The van der Waals surface area contributed by atoms with Gasteiger partial charge in [-0.1, -0.05) is 45.1 Å². The van der Waals surface area contributed by atoms with Gasteiger partial charge < -0.3 is 0 Å². The summed E-state index contributed by atoms with van der Waals surface area (Å²) in [6.07, 6.45) is 12.1. The van der Waals surface area contributed by atoms with E-state index in [-0.39, 0.29) is 0 Å². The summed E-state index contributed by atoms with van der Waals surface area (Å²) in [5.74, 6) is 0. The van der Waals surface area contributed by atoms with Crippen LogP contribution in [-0.2, 0) is 0 Å². The second kappa shape index (κ2) is 8.57. The highest BCUT2D eigenvalue weighted by atomic mass is 127. The van der Waals surface area contributed by atoms with Crippen LogP contribution in [-0.4, -0.2) is 24.5 Å². The molecule has 0 N–H and O–H groups in total. The van der Waals surface area contributed by atoms with E-state index in [1.807, 2.05) is 0 Å². The van der Waals surface area contributed by atoms with Crippen molar-refractivity contribution in [3.8, 4) is 0 Å². The van der Waals surface area contributed by atoms with Crippen LogP contribution in [0, 0.1) is 0 Å². The van der Waals surface area contributed by atoms with Gasteiger partial charge in [-0.05, 0) is 45.6 Å². The van der Waals surface area contributed by atoms with Gasteiger partial charge >= 0.3 is 0 Å². The lowest BCUT2D eigenvalue weighted by atomic mass is 10.1. The molecule has 1 rings (SSSR count). The van der Waals surface area contributed by atoms with Crippen molar-refractivity contribution in [3.05, 3.63) is 9.66 Å². The minimum atomic E-state index is 1.19. The number of rotatable bonds is 7. The molecule has 0 unspecified atom stereocenters. The maximum Gasteiger partial charge on any atom is 0.0173 e. The van der Waals surface area contributed by atoms with Gasteiger partial charge in [0.05, 0.1) is 0 Å². The lowest BCUT2D eigenvalue weighted by molar-refractivity contribution is 0.290. The molecule has 0 amide bonds. The van der Waals surface area contributed by atoms with Crippen molar-refractivity contribution < 1.29 is 0 Å². The molecule has 0 saturated heterocycles. The third-order valence-corrected chi connectivity index (χ3v) is 4.05. The van der Waals surface area contributed by atoms with Crippen LogP contribution in [0.4, 0.5) is 0 Å². The van der Waals surface area contributed by atoms with Gasteiger partial charge in [0.2, 0.25) is 0 Å². The minimum Gasteiger partial charge on any atom is -0.299 e. The quantitative estimate of drug-likeness (QED) is 0.497. The number of hydrogen-bond acceptors (Lipinski definition) is 1. The van der Waals surface area contributed by atoms with Crippen LogP contribution in [0.5, 0.6) is 0 Å². The van der Waals surface area contributed by atoms with Gasteiger partial charge in [-0.3, -0.25) is 4.90 Å². The highest BCUT2D eigenvalue weighted by Crippen LogP contribution is 2.17. The predicted molar refractivity (Wildman–Crippen MR) is 76.5 cm³/mol. The molecule has 1 aliphatic heterocycles. The standard InChI is InChI=1S/C13H24IN/c1-2-3-4-5-6-7-10-15-11-8-13(14)9-12-15/h8H,2-7,9-12H2,1H3. The third kappa shape index (κ3) is 6.56. The molecular weight excluding hydrogens is 297 g/mol. The van der Waals surface area contributed by atoms with Crippen LogP contribution in [0.15, 0.2) is 9.66 Å². The van der Waals surface area contributed by atoms with Crippen molar-refractivity contribution in [2.24, 2.45) is 0 Å². The molecule has 1 heterocycles. The molecule has 0 radical (unpaired) electrons. The highest BCUT2D eigenvalue weighted by molar-refractivity contribution is 14.1. The van der Waals surface area contributed by atoms with E-state index in [2.05, 4.69) is 40.5 Å². The monoisotopic (exact) mass is 321 g/mol. The van der Waals surface area contributed by atoms with Crippen LogP contribution in [0.2, 0.25) is 0 Å². The lowest BCUT2D eigenvalue weighted by Gasteiger charge is -2.24. The SMILES string of the molecule is CCCCCCCCN1CC=C(I)CC1. The Hall–Kier alpha value is 0.430. The Bertz CT molecular complexity index is 189. The maximum atomic E-state index is 2.59. The molecule has 0 aromatic carbocycles. The summed E-state index contributed by atoms with van der Waals surface area (Å²) in [5, 5.41) is 0. The maximum absolute atomic E-state index is 2.59. The molecule has 0 fully saturated rings. The number of halogens is 1. The fraction of sp³-hybridized carbons (Fsp3) is 0.846. The Kier molecular flexibility index (Phi) is 7.71. The summed E-state index contributed by atoms with van der Waals surface area (Å²) in [5.41, 5.74) is 0. The Balaban J connectivity index is 1.92. The zero-order valence-electron chi connectivity index (χ0n) is 9.97. The summed E-state index contributed by atoms with van der Waals surface area (Å²) in [6.45, 7) is 6.06. The zero-order chi connectivity index (χ0) is 10.9. The van der Waals surface area contributed by atoms with Gasteiger partial charge in [-0.2, -0.15) is 0 Å². The van der Waals surface area contributed by atoms with E-state index in [0.29, 0.717) is 0 Å². The first kappa shape index (κ1) is 13.5. The van der Waals surface area contributed by atoms with E-state index < -0.39 is 0 Å². The van der Waals surface area contributed by atoms with Crippen molar-refractivity contribution in [1.82, 2.24) is 4.90 Å². The van der Waals surface area contributed by atoms with E-state index in [1.165, 1.54) is 64.6 Å². The Labute approximate surface area is 108 Å². The lowest BCUT2D eigenvalue weighted by Crippen LogP contribution is -2.29. The zero-order valence-corrected chi connectivity index (χ0v) is 12.1. The van der Waals surface area contributed by atoms with Gasteiger partial charge in [0.25, 0.3) is 0 Å². The first-order valence-corrected chi connectivity index (χ1v) is 7.47. The molecule has 2 heteroatoms. The topological polar surface area (TPSA) is 3.24 Å². The predicted octanol–water partition coefficient (Wildman–Crippen LogP) is 4.37. The highest BCUT2D eigenvalue weighted by Gasteiger charge is 2.08. The molecule has 0 saturated carbocycles. The van der Waals surface area contributed by atoms with Crippen LogP contribution < -0.4 is 0 Å². The molecule has 0 aromatic heterocycles. The Morgan fingerprint density at radius 1 is 1.20 bits per heavy atom.